The van der Waals surface area contributed by atoms with Gasteiger partial charge in [-0.1, -0.05) is 12.1 Å². The number of aliphatic hydroxyl groups is 1. The third-order valence-corrected chi connectivity index (χ3v) is 6.18. The maximum atomic E-state index is 13.2. The fourth-order valence-electron chi connectivity index (χ4n) is 4.58. The highest BCUT2D eigenvalue weighted by molar-refractivity contribution is 6.46. The van der Waals surface area contributed by atoms with Crippen molar-refractivity contribution in [1.29, 1.82) is 0 Å². The number of ketones is 1. The van der Waals surface area contributed by atoms with Gasteiger partial charge in [0, 0.05) is 30.8 Å². The van der Waals surface area contributed by atoms with Crippen LogP contribution < -0.4 is 9.47 Å². The number of nitrogens with zero attached hydrogens (tertiary/aromatic N) is 2. The van der Waals surface area contributed by atoms with Crippen LogP contribution in [-0.2, 0) is 14.3 Å². The van der Waals surface area contributed by atoms with Gasteiger partial charge in [0.2, 0.25) is 0 Å². The Morgan fingerprint density at radius 2 is 1.88 bits per heavy atom. The number of Topliss-reactive ketones (excluding diaryl/α,β-unsaturated/α-hetero) is 1. The molecular formula is C24H22N2O8. The summed E-state index contributed by atoms with van der Waals surface area (Å²) >= 11 is 0. The van der Waals surface area contributed by atoms with Crippen molar-refractivity contribution in [3.8, 4) is 11.5 Å². The fraction of sp³-hybridized carbons (Fsp3) is 0.333. The van der Waals surface area contributed by atoms with Gasteiger partial charge < -0.3 is 24.2 Å². The number of fused-ring (bicyclic) bond motifs is 1. The third-order valence-electron chi connectivity index (χ3n) is 6.18. The molecule has 0 aromatic heterocycles. The van der Waals surface area contributed by atoms with E-state index in [2.05, 4.69) is 0 Å². The Labute approximate surface area is 194 Å². The third kappa shape index (κ3) is 3.86. The minimum absolute atomic E-state index is 0.135. The zero-order chi connectivity index (χ0) is 23.8. The summed E-state index contributed by atoms with van der Waals surface area (Å²) in [4.78, 5) is 38.4. The Hall–Kier alpha value is -3.92. The maximum absolute atomic E-state index is 13.2. The Balaban J connectivity index is 1.62. The summed E-state index contributed by atoms with van der Waals surface area (Å²) in [6.45, 7) is 1.44. The topological polar surface area (TPSA) is 128 Å². The van der Waals surface area contributed by atoms with Gasteiger partial charge in [-0.15, -0.1) is 0 Å². The van der Waals surface area contributed by atoms with Crippen LogP contribution in [-0.4, -0.2) is 59.1 Å². The van der Waals surface area contributed by atoms with Gasteiger partial charge in [0.1, 0.15) is 19.0 Å². The number of benzene rings is 2. The lowest BCUT2D eigenvalue weighted by Gasteiger charge is -2.27. The standard InChI is InChI=1S/C24H22N2O8/c27-22(15-6-7-18-19(12-15)34-10-9-33-18)20-21(14-3-1-4-16(11-14)26(30)31)25(24(29)23(20)28)13-17-5-2-8-32-17/h1,3-4,6-7,11-12,17,21,27H,2,5,8-10,13H2/b22-20+. The summed E-state index contributed by atoms with van der Waals surface area (Å²) in [6.07, 6.45) is 1.31. The molecule has 3 heterocycles. The van der Waals surface area contributed by atoms with Crippen molar-refractivity contribution in [3.05, 3.63) is 69.3 Å². The number of ether oxygens (including phenoxy) is 3. The van der Waals surface area contributed by atoms with Crippen LogP contribution in [0.4, 0.5) is 5.69 Å². The Morgan fingerprint density at radius 1 is 1.09 bits per heavy atom. The van der Waals surface area contributed by atoms with Gasteiger partial charge in [-0.25, -0.2) is 0 Å². The first kappa shape index (κ1) is 21.9. The van der Waals surface area contributed by atoms with Gasteiger partial charge in [0.15, 0.2) is 11.5 Å². The molecule has 10 heteroatoms. The van der Waals surface area contributed by atoms with Gasteiger partial charge in [0.05, 0.1) is 22.6 Å². The molecule has 1 N–H and O–H groups in total. The van der Waals surface area contributed by atoms with E-state index >= 15 is 0 Å². The normalized spacial score (nSPS) is 23.4. The number of carbonyl (C=O) groups is 2. The Morgan fingerprint density at radius 3 is 2.62 bits per heavy atom. The molecule has 176 valence electrons. The number of non-ortho nitro benzene ring substituents is 1. The van der Waals surface area contributed by atoms with Crippen molar-refractivity contribution in [1.82, 2.24) is 4.90 Å². The highest BCUT2D eigenvalue weighted by Crippen LogP contribution is 2.42. The van der Waals surface area contributed by atoms with Gasteiger partial charge in [-0.3, -0.25) is 19.7 Å². The van der Waals surface area contributed by atoms with Gasteiger partial charge in [-0.05, 0) is 36.6 Å². The van der Waals surface area contributed by atoms with Crippen LogP contribution >= 0.6 is 0 Å². The molecule has 0 spiro atoms. The monoisotopic (exact) mass is 466 g/mol. The number of aliphatic hydroxyl groups excluding tert-OH is 1. The van der Waals surface area contributed by atoms with E-state index in [1.165, 1.54) is 23.1 Å². The summed E-state index contributed by atoms with van der Waals surface area (Å²) in [5.74, 6) is -1.11. The van der Waals surface area contributed by atoms with E-state index < -0.39 is 22.7 Å². The number of carbonyl (C=O) groups excluding carboxylic acids is 2. The molecule has 10 nitrogen and oxygen atoms in total. The van der Waals surface area contributed by atoms with Crippen LogP contribution in [0, 0.1) is 10.1 Å². The first-order valence-electron chi connectivity index (χ1n) is 11.0. The van der Waals surface area contributed by atoms with Crippen LogP contribution in [0.25, 0.3) is 5.76 Å². The molecule has 2 aromatic rings. The van der Waals surface area contributed by atoms with E-state index in [1.54, 1.807) is 24.3 Å². The zero-order valence-corrected chi connectivity index (χ0v) is 18.1. The average molecular weight is 466 g/mol. The highest BCUT2D eigenvalue weighted by atomic mass is 16.6. The molecule has 3 aliphatic rings. The van der Waals surface area contributed by atoms with Crippen molar-refractivity contribution in [2.24, 2.45) is 0 Å². The average Bonchev–Trinajstić information content (AvgIpc) is 3.46. The summed E-state index contributed by atoms with van der Waals surface area (Å²) in [6, 6.07) is 9.47. The lowest BCUT2D eigenvalue weighted by atomic mass is 9.94. The molecule has 0 aliphatic carbocycles. The predicted octanol–water partition coefficient (Wildman–Crippen LogP) is 2.97. The molecule has 2 unspecified atom stereocenters. The number of rotatable bonds is 5. The second-order valence-electron chi connectivity index (χ2n) is 8.30. The summed E-state index contributed by atoms with van der Waals surface area (Å²) in [5, 5.41) is 22.6. The van der Waals surface area contributed by atoms with Crippen molar-refractivity contribution in [2.75, 3.05) is 26.4 Å². The summed E-state index contributed by atoms with van der Waals surface area (Å²) in [5.41, 5.74) is 0.306. The molecule has 2 atom stereocenters. The summed E-state index contributed by atoms with van der Waals surface area (Å²) in [7, 11) is 0. The van der Waals surface area contributed by atoms with Crippen LogP contribution in [0.2, 0.25) is 0 Å². The van der Waals surface area contributed by atoms with Gasteiger partial charge in [-0.2, -0.15) is 0 Å². The Kier molecular flexibility index (Phi) is 5.66. The molecule has 2 fully saturated rings. The molecule has 0 bridgehead atoms. The molecule has 2 aromatic carbocycles. The number of hydrogen-bond donors (Lipinski definition) is 1. The number of amides is 1. The molecule has 34 heavy (non-hydrogen) atoms. The predicted molar refractivity (Wildman–Crippen MR) is 119 cm³/mol. The zero-order valence-electron chi connectivity index (χ0n) is 18.1. The molecule has 3 aliphatic heterocycles. The minimum Gasteiger partial charge on any atom is -0.507 e. The van der Waals surface area contributed by atoms with Crippen LogP contribution in [0.3, 0.4) is 0 Å². The van der Waals surface area contributed by atoms with Crippen LogP contribution in [0.5, 0.6) is 11.5 Å². The van der Waals surface area contributed by atoms with Crippen molar-refractivity contribution in [2.45, 2.75) is 25.0 Å². The molecule has 0 radical (unpaired) electrons. The number of nitro benzene ring substituents is 1. The van der Waals surface area contributed by atoms with Crippen LogP contribution in [0.15, 0.2) is 48.0 Å². The number of hydrogen-bond acceptors (Lipinski definition) is 8. The lowest BCUT2D eigenvalue weighted by Crippen LogP contribution is -2.36. The molecule has 2 saturated heterocycles. The van der Waals surface area contributed by atoms with E-state index in [-0.39, 0.29) is 35.2 Å². The quantitative estimate of drug-likeness (QED) is 0.234. The minimum atomic E-state index is -1.00. The highest BCUT2D eigenvalue weighted by Gasteiger charge is 2.47. The maximum Gasteiger partial charge on any atom is 0.295 e. The van der Waals surface area contributed by atoms with Crippen molar-refractivity contribution in [3.63, 3.8) is 0 Å². The second-order valence-corrected chi connectivity index (χ2v) is 8.30. The summed E-state index contributed by atoms with van der Waals surface area (Å²) < 4.78 is 16.8. The van der Waals surface area contributed by atoms with Crippen molar-refractivity contribution >= 4 is 23.1 Å². The van der Waals surface area contributed by atoms with E-state index in [9.17, 15) is 24.8 Å². The second kappa shape index (κ2) is 8.79. The number of nitro groups is 1. The smallest absolute Gasteiger partial charge is 0.295 e. The van der Waals surface area contributed by atoms with Gasteiger partial charge in [0.25, 0.3) is 17.4 Å². The SMILES string of the molecule is O=C1C(=O)N(CC2CCCO2)C(c2cccc([N+](=O)[O-])c2)/C1=C(\O)c1ccc2c(c1)OCCO2. The van der Waals surface area contributed by atoms with E-state index in [0.29, 0.717) is 36.9 Å². The largest absolute Gasteiger partial charge is 0.507 e. The van der Waals surface area contributed by atoms with E-state index in [1.807, 2.05) is 0 Å². The number of likely N-dealkylation sites (tertiary alicyclic amines) is 1. The van der Waals surface area contributed by atoms with Crippen LogP contribution in [0.1, 0.15) is 30.0 Å². The fourth-order valence-corrected chi connectivity index (χ4v) is 4.58. The first-order valence-corrected chi connectivity index (χ1v) is 11.0. The lowest BCUT2D eigenvalue weighted by molar-refractivity contribution is -0.384. The van der Waals surface area contributed by atoms with Crippen molar-refractivity contribution < 1.29 is 33.8 Å². The molecular weight excluding hydrogens is 444 g/mol. The first-order chi connectivity index (χ1) is 16.4. The van der Waals surface area contributed by atoms with Gasteiger partial charge >= 0.3 is 0 Å². The molecule has 1 amide bonds. The molecule has 0 saturated carbocycles. The van der Waals surface area contributed by atoms with E-state index in [4.69, 9.17) is 14.2 Å². The molecule has 5 rings (SSSR count). The van der Waals surface area contributed by atoms with E-state index in [0.717, 1.165) is 12.8 Å². The Bertz CT molecular complexity index is 1200.